The Morgan fingerprint density at radius 1 is 0.946 bits per heavy atom. The summed E-state index contributed by atoms with van der Waals surface area (Å²) in [7, 11) is 2.01. The zero-order valence-corrected chi connectivity index (χ0v) is 20.7. The number of hydrogen-bond acceptors (Lipinski definition) is 4. The van der Waals surface area contributed by atoms with Crippen molar-refractivity contribution in [3.8, 4) is 5.69 Å². The van der Waals surface area contributed by atoms with E-state index in [1.807, 2.05) is 52.9 Å². The summed E-state index contributed by atoms with van der Waals surface area (Å²) in [4.78, 5) is 22.5. The van der Waals surface area contributed by atoms with Crippen molar-refractivity contribution in [3.63, 3.8) is 0 Å². The van der Waals surface area contributed by atoms with E-state index in [2.05, 4.69) is 9.88 Å². The monoisotopic (exact) mass is 507 g/mol. The second-order valence-electron chi connectivity index (χ2n) is 9.39. The first-order valence-electron chi connectivity index (χ1n) is 12.1. The Bertz CT molecular complexity index is 1410. The van der Waals surface area contributed by atoms with Gasteiger partial charge >= 0.3 is 6.18 Å². The lowest BCUT2D eigenvalue weighted by molar-refractivity contribution is -0.138. The molecule has 6 nitrogen and oxygen atoms in total. The molecule has 0 aliphatic carbocycles. The molecule has 192 valence electrons. The van der Waals surface area contributed by atoms with Crippen molar-refractivity contribution < 1.29 is 18.0 Å². The van der Waals surface area contributed by atoms with Crippen LogP contribution < -0.4 is 4.90 Å². The molecule has 0 unspecified atom stereocenters. The second-order valence-corrected chi connectivity index (χ2v) is 9.39. The number of aromatic nitrogens is 2. The van der Waals surface area contributed by atoms with Crippen LogP contribution in [0.2, 0.25) is 0 Å². The third kappa shape index (κ3) is 5.23. The maximum absolute atomic E-state index is 14.1. The predicted molar refractivity (Wildman–Crippen MR) is 138 cm³/mol. The number of benzene rings is 3. The highest BCUT2D eigenvalue weighted by Crippen LogP contribution is 2.37. The normalized spacial score (nSPS) is 15.3. The summed E-state index contributed by atoms with van der Waals surface area (Å²) in [6.45, 7) is 4.64. The van der Waals surface area contributed by atoms with E-state index in [0.717, 1.165) is 35.9 Å². The lowest BCUT2D eigenvalue weighted by Crippen LogP contribution is -2.44. The van der Waals surface area contributed by atoms with Gasteiger partial charge in [0.1, 0.15) is 6.33 Å². The SMILES string of the molecule is CC(=O)N(c1ccc(-n2cnc3ccccc32)cc1)c1ccc(CN2CCN(C)CC2)c(C(F)(F)F)c1. The van der Waals surface area contributed by atoms with Gasteiger partial charge in [-0.25, -0.2) is 4.98 Å². The van der Waals surface area contributed by atoms with E-state index in [0.29, 0.717) is 18.8 Å². The van der Waals surface area contributed by atoms with Gasteiger partial charge in [0.05, 0.1) is 16.6 Å². The van der Waals surface area contributed by atoms with E-state index in [-0.39, 0.29) is 23.7 Å². The molecule has 1 aromatic heterocycles. The Labute approximate surface area is 213 Å². The topological polar surface area (TPSA) is 44.6 Å². The molecule has 0 saturated carbocycles. The van der Waals surface area contributed by atoms with Gasteiger partial charge < -0.3 is 4.90 Å². The molecule has 1 fully saturated rings. The molecule has 0 atom stereocenters. The molecule has 5 rings (SSSR count). The maximum atomic E-state index is 14.1. The standard InChI is InChI=1S/C28H28F3N5O/c1-20(37)36(23-11-9-22(10-12-23)35-19-32-26-5-3-4-6-27(26)35)24-8-7-21(25(17-24)28(29,30)31)18-34-15-13-33(2)14-16-34/h3-12,17,19H,13-16,18H2,1-2H3. The molecule has 37 heavy (non-hydrogen) atoms. The molecule has 0 radical (unpaired) electrons. The molecule has 3 aromatic carbocycles. The van der Waals surface area contributed by atoms with Gasteiger partial charge in [0, 0.05) is 56.7 Å². The number of hydrogen-bond donors (Lipinski definition) is 0. The zero-order chi connectivity index (χ0) is 26.2. The van der Waals surface area contributed by atoms with Gasteiger partial charge in [0.15, 0.2) is 0 Å². The lowest BCUT2D eigenvalue weighted by Gasteiger charge is -2.33. The van der Waals surface area contributed by atoms with E-state index >= 15 is 0 Å². The van der Waals surface area contributed by atoms with Crippen LogP contribution in [0.15, 0.2) is 73.1 Å². The summed E-state index contributed by atoms with van der Waals surface area (Å²) < 4.78 is 44.3. The highest BCUT2D eigenvalue weighted by molar-refractivity contribution is 5.99. The van der Waals surface area contributed by atoms with Gasteiger partial charge in [-0.2, -0.15) is 13.2 Å². The van der Waals surface area contributed by atoms with Gasteiger partial charge in [-0.05, 0) is 61.1 Å². The van der Waals surface area contributed by atoms with Gasteiger partial charge in [-0.3, -0.25) is 19.2 Å². The molecule has 1 saturated heterocycles. The number of alkyl halides is 3. The van der Waals surface area contributed by atoms with Gasteiger partial charge in [-0.15, -0.1) is 0 Å². The summed E-state index contributed by atoms with van der Waals surface area (Å²) >= 11 is 0. The quantitative estimate of drug-likeness (QED) is 0.359. The number of amides is 1. The first kappa shape index (κ1) is 25.0. The van der Waals surface area contributed by atoms with Crippen LogP contribution in [0.3, 0.4) is 0 Å². The number of fused-ring (bicyclic) bond motifs is 1. The number of nitrogens with zero attached hydrogens (tertiary/aromatic N) is 5. The Balaban J connectivity index is 1.46. The lowest BCUT2D eigenvalue weighted by atomic mass is 10.0. The van der Waals surface area contributed by atoms with Crippen LogP contribution in [0, 0.1) is 0 Å². The first-order chi connectivity index (χ1) is 17.7. The van der Waals surface area contributed by atoms with Crippen LogP contribution in [-0.4, -0.2) is 58.5 Å². The Morgan fingerprint density at radius 3 is 2.30 bits per heavy atom. The molecule has 0 bridgehead atoms. The van der Waals surface area contributed by atoms with Crippen molar-refractivity contribution >= 4 is 28.3 Å². The van der Waals surface area contributed by atoms with Crippen LogP contribution in [0.4, 0.5) is 24.5 Å². The van der Waals surface area contributed by atoms with E-state index in [1.54, 1.807) is 24.5 Å². The number of likely N-dealkylation sites (N-methyl/N-ethyl adjacent to an activating group) is 1. The van der Waals surface area contributed by atoms with E-state index in [4.69, 9.17) is 0 Å². The minimum absolute atomic E-state index is 0.183. The fraction of sp³-hybridized carbons (Fsp3) is 0.286. The Kier molecular flexibility index (Phi) is 6.74. The fourth-order valence-electron chi connectivity index (χ4n) is 4.79. The number of halogens is 3. The van der Waals surface area contributed by atoms with Gasteiger partial charge in [0.25, 0.3) is 0 Å². The average Bonchev–Trinajstić information content (AvgIpc) is 3.30. The van der Waals surface area contributed by atoms with Crippen LogP contribution in [-0.2, 0) is 17.5 Å². The molecule has 0 N–H and O–H groups in total. The van der Waals surface area contributed by atoms with Crippen molar-refractivity contribution in [1.82, 2.24) is 19.4 Å². The molecular weight excluding hydrogens is 479 g/mol. The van der Waals surface area contributed by atoms with Crippen molar-refractivity contribution in [1.29, 1.82) is 0 Å². The number of carbonyl (C=O) groups excluding carboxylic acids is 1. The molecule has 2 heterocycles. The zero-order valence-electron chi connectivity index (χ0n) is 20.7. The third-order valence-electron chi connectivity index (χ3n) is 6.80. The molecule has 1 aliphatic heterocycles. The summed E-state index contributed by atoms with van der Waals surface area (Å²) in [5.74, 6) is -0.374. The van der Waals surface area contributed by atoms with Crippen molar-refractivity contribution in [2.45, 2.75) is 19.6 Å². The van der Waals surface area contributed by atoms with Gasteiger partial charge in [0.2, 0.25) is 5.91 Å². The summed E-state index contributed by atoms with van der Waals surface area (Å²) in [5.41, 5.74) is 2.80. The number of rotatable bonds is 5. The number of para-hydroxylation sites is 2. The third-order valence-corrected chi connectivity index (χ3v) is 6.80. The van der Waals surface area contributed by atoms with Crippen molar-refractivity contribution in [3.05, 3.63) is 84.2 Å². The number of anilines is 2. The van der Waals surface area contributed by atoms with Crippen LogP contribution in [0.25, 0.3) is 16.7 Å². The fourth-order valence-corrected chi connectivity index (χ4v) is 4.79. The van der Waals surface area contributed by atoms with Crippen molar-refractivity contribution in [2.24, 2.45) is 0 Å². The minimum atomic E-state index is -4.54. The molecule has 4 aromatic rings. The highest BCUT2D eigenvalue weighted by atomic mass is 19.4. The molecule has 1 aliphatic rings. The average molecular weight is 508 g/mol. The highest BCUT2D eigenvalue weighted by Gasteiger charge is 2.35. The first-order valence-corrected chi connectivity index (χ1v) is 12.1. The van der Waals surface area contributed by atoms with Gasteiger partial charge in [-0.1, -0.05) is 18.2 Å². The maximum Gasteiger partial charge on any atom is 0.416 e. The van der Waals surface area contributed by atoms with Crippen LogP contribution in [0.1, 0.15) is 18.1 Å². The summed E-state index contributed by atoms with van der Waals surface area (Å²) in [6.07, 6.45) is -2.82. The molecule has 0 spiro atoms. The molecular formula is C28H28F3N5O. The number of carbonyl (C=O) groups is 1. The van der Waals surface area contributed by atoms with E-state index < -0.39 is 11.7 Å². The second kappa shape index (κ2) is 9.99. The smallest absolute Gasteiger partial charge is 0.304 e. The molecule has 1 amide bonds. The van der Waals surface area contributed by atoms with E-state index in [1.165, 1.54) is 17.9 Å². The largest absolute Gasteiger partial charge is 0.416 e. The van der Waals surface area contributed by atoms with Crippen LogP contribution >= 0.6 is 0 Å². The Hall–Kier alpha value is -3.69. The Morgan fingerprint density at radius 2 is 1.62 bits per heavy atom. The van der Waals surface area contributed by atoms with Crippen molar-refractivity contribution in [2.75, 3.05) is 38.1 Å². The van der Waals surface area contributed by atoms with E-state index in [9.17, 15) is 18.0 Å². The number of imidazole rings is 1. The number of piperazine rings is 1. The predicted octanol–water partition coefficient (Wildman–Crippen LogP) is 5.48. The summed E-state index contributed by atoms with van der Waals surface area (Å²) in [6, 6.07) is 19.0. The van der Waals surface area contributed by atoms with Crippen LogP contribution in [0.5, 0.6) is 0 Å². The molecule has 9 heteroatoms. The summed E-state index contributed by atoms with van der Waals surface area (Å²) in [5, 5.41) is 0. The minimum Gasteiger partial charge on any atom is -0.304 e.